The van der Waals surface area contributed by atoms with E-state index in [0.717, 1.165) is 11.1 Å². The normalized spacial score (nSPS) is 10.2. The number of hydrogen-bond donors (Lipinski definition) is 1. The van der Waals surface area contributed by atoms with E-state index in [1.807, 2.05) is 35.7 Å². The third kappa shape index (κ3) is 2.40. The Balaban J connectivity index is 1.86. The predicted molar refractivity (Wildman–Crippen MR) is 80.9 cm³/mol. The highest BCUT2D eigenvalue weighted by atomic mass is 32.1. The number of thiophene rings is 1. The molecule has 1 N–H and O–H groups in total. The van der Waals surface area contributed by atoms with Crippen LogP contribution in [0.3, 0.4) is 0 Å². The van der Waals surface area contributed by atoms with E-state index in [-0.39, 0.29) is 5.91 Å². The van der Waals surface area contributed by atoms with Gasteiger partial charge in [0.1, 0.15) is 0 Å². The molecule has 0 aliphatic heterocycles. The van der Waals surface area contributed by atoms with Crippen molar-refractivity contribution in [1.29, 1.82) is 5.26 Å². The van der Waals surface area contributed by atoms with Crippen molar-refractivity contribution in [3.05, 3.63) is 65.0 Å². The summed E-state index contributed by atoms with van der Waals surface area (Å²) < 4.78 is 1.19. The summed E-state index contributed by atoms with van der Waals surface area (Å²) >= 11 is 1.67. The maximum atomic E-state index is 12.1. The van der Waals surface area contributed by atoms with Gasteiger partial charge in [-0.05, 0) is 53.2 Å². The Morgan fingerprint density at radius 3 is 2.90 bits per heavy atom. The van der Waals surface area contributed by atoms with Gasteiger partial charge in [-0.1, -0.05) is 6.07 Å². The molecule has 20 heavy (non-hydrogen) atoms. The molecule has 3 nitrogen and oxygen atoms in total. The van der Waals surface area contributed by atoms with E-state index in [9.17, 15) is 4.79 Å². The SMILES string of the molecule is N#Cc1cccc(C(=O)Nc2ccc3sccc3c2)c1. The standard InChI is InChI=1S/C16H10N2OS/c17-10-11-2-1-3-13(8-11)16(19)18-14-4-5-15-12(9-14)6-7-20-15/h1-9H,(H,18,19). The average Bonchev–Trinajstić information content (AvgIpc) is 2.95. The number of amides is 1. The second-order valence-corrected chi connectivity index (χ2v) is 5.27. The van der Waals surface area contributed by atoms with Crippen molar-refractivity contribution >= 4 is 33.0 Å². The third-order valence-electron chi connectivity index (χ3n) is 2.96. The molecule has 1 heterocycles. The molecule has 1 aromatic heterocycles. The lowest BCUT2D eigenvalue weighted by Gasteiger charge is -2.05. The van der Waals surface area contributed by atoms with Gasteiger partial charge in [-0.15, -0.1) is 11.3 Å². The van der Waals surface area contributed by atoms with Gasteiger partial charge in [0.05, 0.1) is 11.6 Å². The van der Waals surface area contributed by atoms with E-state index >= 15 is 0 Å². The summed E-state index contributed by atoms with van der Waals surface area (Å²) in [6.07, 6.45) is 0. The summed E-state index contributed by atoms with van der Waals surface area (Å²) in [7, 11) is 0. The molecule has 0 aliphatic carbocycles. The van der Waals surface area contributed by atoms with Gasteiger partial charge in [-0.2, -0.15) is 5.26 Å². The first-order valence-corrected chi connectivity index (χ1v) is 6.93. The first kappa shape index (κ1) is 12.4. The number of nitrogens with one attached hydrogen (secondary N) is 1. The number of anilines is 1. The molecular formula is C16H10N2OS. The number of nitriles is 1. The Labute approximate surface area is 120 Å². The molecule has 0 saturated carbocycles. The Kier molecular flexibility index (Phi) is 3.20. The largest absolute Gasteiger partial charge is 0.322 e. The fraction of sp³-hybridized carbons (Fsp3) is 0. The van der Waals surface area contributed by atoms with Crippen molar-refractivity contribution in [3.63, 3.8) is 0 Å². The van der Waals surface area contributed by atoms with E-state index in [0.29, 0.717) is 11.1 Å². The van der Waals surface area contributed by atoms with Crippen LogP contribution in [0.2, 0.25) is 0 Å². The highest BCUT2D eigenvalue weighted by Gasteiger charge is 2.07. The van der Waals surface area contributed by atoms with Gasteiger partial charge >= 0.3 is 0 Å². The lowest BCUT2D eigenvalue weighted by molar-refractivity contribution is 0.102. The summed E-state index contributed by atoms with van der Waals surface area (Å²) in [6, 6.07) is 16.5. The van der Waals surface area contributed by atoms with Crippen LogP contribution in [0, 0.1) is 11.3 Å². The lowest BCUT2D eigenvalue weighted by atomic mass is 10.1. The molecule has 0 unspecified atom stereocenters. The zero-order valence-corrected chi connectivity index (χ0v) is 11.3. The van der Waals surface area contributed by atoms with Crippen molar-refractivity contribution in [3.8, 4) is 6.07 Å². The fourth-order valence-electron chi connectivity index (χ4n) is 1.98. The molecule has 96 valence electrons. The second-order valence-electron chi connectivity index (χ2n) is 4.32. The number of carbonyl (C=O) groups excluding carboxylic acids is 1. The molecule has 0 fully saturated rings. The maximum absolute atomic E-state index is 12.1. The van der Waals surface area contributed by atoms with Crippen LogP contribution >= 0.6 is 11.3 Å². The topological polar surface area (TPSA) is 52.9 Å². The first-order valence-electron chi connectivity index (χ1n) is 6.05. The van der Waals surface area contributed by atoms with Crippen LogP contribution < -0.4 is 5.32 Å². The summed E-state index contributed by atoms with van der Waals surface area (Å²) in [5.41, 5.74) is 1.71. The maximum Gasteiger partial charge on any atom is 0.255 e. The molecule has 0 bridgehead atoms. The van der Waals surface area contributed by atoms with E-state index in [4.69, 9.17) is 5.26 Å². The van der Waals surface area contributed by atoms with Crippen molar-refractivity contribution in [2.45, 2.75) is 0 Å². The van der Waals surface area contributed by atoms with Crippen LogP contribution in [0.4, 0.5) is 5.69 Å². The number of rotatable bonds is 2. The van der Waals surface area contributed by atoms with Crippen molar-refractivity contribution < 1.29 is 4.79 Å². The van der Waals surface area contributed by atoms with E-state index in [2.05, 4.69) is 5.32 Å². The molecule has 3 aromatic rings. The van der Waals surface area contributed by atoms with Gasteiger partial charge < -0.3 is 5.32 Å². The zero-order chi connectivity index (χ0) is 13.9. The minimum atomic E-state index is -0.211. The molecular weight excluding hydrogens is 268 g/mol. The second kappa shape index (κ2) is 5.16. The predicted octanol–water partition coefficient (Wildman–Crippen LogP) is 4.03. The monoisotopic (exact) mass is 278 g/mol. The Bertz CT molecular complexity index is 830. The van der Waals surface area contributed by atoms with Crippen LogP contribution in [0.15, 0.2) is 53.9 Å². The van der Waals surface area contributed by atoms with E-state index in [1.165, 1.54) is 4.70 Å². The summed E-state index contributed by atoms with van der Waals surface area (Å²) in [5, 5.41) is 14.8. The first-order chi connectivity index (χ1) is 9.76. The van der Waals surface area contributed by atoms with E-state index in [1.54, 1.807) is 35.6 Å². The number of carbonyl (C=O) groups is 1. The quantitative estimate of drug-likeness (QED) is 0.769. The summed E-state index contributed by atoms with van der Waals surface area (Å²) in [6.45, 7) is 0. The third-order valence-corrected chi connectivity index (χ3v) is 3.86. The zero-order valence-electron chi connectivity index (χ0n) is 10.5. The molecule has 4 heteroatoms. The Hall–Kier alpha value is -2.64. The number of benzene rings is 2. The van der Waals surface area contributed by atoms with Crippen LogP contribution in [0.1, 0.15) is 15.9 Å². The minimum absolute atomic E-state index is 0.211. The highest BCUT2D eigenvalue weighted by Crippen LogP contribution is 2.24. The van der Waals surface area contributed by atoms with Crippen molar-refractivity contribution in [2.24, 2.45) is 0 Å². The van der Waals surface area contributed by atoms with Gasteiger partial charge in [0, 0.05) is 16.0 Å². The molecule has 0 aliphatic rings. The number of hydrogen-bond acceptors (Lipinski definition) is 3. The van der Waals surface area contributed by atoms with Crippen LogP contribution in [0.25, 0.3) is 10.1 Å². The highest BCUT2D eigenvalue weighted by molar-refractivity contribution is 7.17. The molecule has 1 amide bonds. The molecule has 0 spiro atoms. The van der Waals surface area contributed by atoms with Gasteiger partial charge in [-0.3, -0.25) is 4.79 Å². The smallest absolute Gasteiger partial charge is 0.255 e. The Morgan fingerprint density at radius 1 is 1.15 bits per heavy atom. The van der Waals surface area contributed by atoms with Crippen LogP contribution in [0.5, 0.6) is 0 Å². The summed E-state index contributed by atoms with van der Waals surface area (Å²) in [4.78, 5) is 12.1. The molecule has 0 atom stereocenters. The van der Waals surface area contributed by atoms with Crippen molar-refractivity contribution in [1.82, 2.24) is 0 Å². The van der Waals surface area contributed by atoms with Gasteiger partial charge in [-0.25, -0.2) is 0 Å². The average molecular weight is 278 g/mol. The van der Waals surface area contributed by atoms with Crippen molar-refractivity contribution in [2.75, 3.05) is 5.32 Å². The van der Waals surface area contributed by atoms with Crippen LogP contribution in [-0.4, -0.2) is 5.91 Å². The summed E-state index contributed by atoms with van der Waals surface area (Å²) in [5.74, 6) is -0.211. The molecule has 2 aromatic carbocycles. The van der Waals surface area contributed by atoms with E-state index < -0.39 is 0 Å². The molecule has 3 rings (SSSR count). The fourth-order valence-corrected chi connectivity index (χ4v) is 2.75. The molecule has 0 radical (unpaired) electrons. The minimum Gasteiger partial charge on any atom is -0.322 e. The van der Waals surface area contributed by atoms with Gasteiger partial charge in [0.2, 0.25) is 0 Å². The Morgan fingerprint density at radius 2 is 2.05 bits per heavy atom. The van der Waals surface area contributed by atoms with Gasteiger partial charge in [0.25, 0.3) is 5.91 Å². The van der Waals surface area contributed by atoms with Gasteiger partial charge in [0.15, 0.2) is 0 Å². The number of fused-ring (bicyclic) bond motifs is 1. The molecule has 0 saturated heterocycles. The van der Waals surface area contributed by atoms with Crippen LogP contribution in [-0.2, 0) is 0 Å². The number of nitrogens with zero attached hydrogens (tertiary/aromatic N) is 1. The lowest BCUT2D eigenvalue weighted by Crippen LogP contribution is -2.11.